The minimum atomic E-state index is -0.335. The van der Waals surface area contributed by atoms with Gasteiger partial charge < -0.3 is 4.90 Å². The average Bonchev–Trinajstić information content (AvgIpc) is 2.39. The van der Waals surface area contributed by atoms with Gasteiger partial charge in [-0.1, -0.05) is 13.8 Å². The first-order valence-corrected chi connectivity index (χ1v) is 6.80. The van der Waals surface area contributed by atoms with Crippen LogP contribution in [0, 0.1) is 5.82 Å². The van der Waals surface area contributed by atoms with Crippen molar-refractivity contribution < 1.29 is 9.18 Å². The lowest BCUT2D eigenvalue weighted by Crippen LogP contribution is -2.41. The Hall–Kier alpha value is -1.09. The average molecular weight is 272 g/mol. The summed E-state index contributed by atoms with van der Waals surface area (Å²) in [6.07, 6.45) is 1.78. The van der Waals surface area contributed by atoms with Crippen LogP contribution >= 0.6 is 11.6 Å². The summed E-state index contributed by atoms with van der Waals surface area (Å²) in [5.74, 6) is -0.00833. The summed E-state index contributed by atoms with van der Waals surface area (Å²) in [5, 5.41) is 0. The molecule has 0 spiro atoms. The number of alkyl halides is 1. The van der Waals surface area contributed by atoms with Gasteiger partial charge in [0.2, 0.25) is 0 Å². The first-order valence-electron chi connectivity index (χ1n) is 6.26. The second-order valence-electron chi connectivity index (χ2n) is 4.16. The summed E-state index contributed by atoms with van der Waals surface area (Å²) in [6.45, 7) is 4.62. The number of benzene rings is 1. The van der Waals surface area contributed by atoms with Gasteiger partial charge in [-0.05, 0) is 37.1 Å². The van der Waals surface area contributed by atoms with Crippen molar-refractivity contribution in [3.63, 3.8) is 0 Å². The van der Waals surface area contributed by atoms with Crippen LogP contribution in [0.25, 0.3) is 0 Å². The zero-order chi connectivity index (χ0) is 13.5. The van der Waals surface area contributed by atoms with Crippen LogP contribution in [-0.2, 0) is 0 Å². The van der Waals surface area contributed by atoms with Crippen molar-refractivity contribution in [2.45, 2.75) is 32.7 Å². The number of hydrogen-bond acceptors (Lipinski definition) is 1. The molecule has 0 aliphatic heterocycles. The summed E-state index contributed by atoms with van der Waals surface area (Å²) in [5.41, 5.74) is 0.508. The number of nitrogens with zero attached hydrogens (tertiary/aromatic N) is 1. The summed E-state index contributed by atoms with van der Waals surface area (Å²) < 4.78 is 12.8. The van der Waals surface area contributed by atoms with Crippen LogP contribution in [0.5, 0.6) is 0 Å². The van der Waals surface area contributed by atoms with Crippen LogP contribution in [-0.4, -0.2) is 29.3 Å². The molecule has 0 aliphatic carbocycles. The van der Waals surface area contributed by atoms with Crippen LogP contribution in [0.3, 0.4) is 0 Å². The molecule has 0 bridgehead atoms. The van der Waals surface area contributed by atoms with Gasteiger partial charge in [0.05, 0.1) is 0 Å². The lowest BCUT2D eigenvalue weighted by Gasteiger charge is -2.30. The largest absolute Gasteiger partial charge is 0.334 e. The van der Waals surface area contributed by atoms with E-state index < -0.39 is 0 Å². The third kappa shape index (κ3) is 3.70. The number of hydrogen-bond donors (Lipinski definition) is 0. The fraction of sp³-hybridized carbons (Fsp3) is 0.500. The van der Waals surface area contributed by atoms with E-state index >= 15 is 0 Å². The van der Waals surface area contributed by atoms with Gasteiger partial charge in [-0.3, -0.25) is 4.79 Å². The normalized spacial score (nSPS) is 10.7. The molecular formula is C14H19ClFNO. The zero-order valence-corrected chi connectivity index (χ0v) is 11.6. The second kappa shape index (κ2) is 7.37. The number of carbonyl (C=O) groups is 1. The molecule has 1 amide bonds. The Balaban J connectivity index is 2.91. The first kappa shape index (κ1) is 15.0. The Bertz CT molecular complexity index is 376. The predicted octanol–water partition coefficient (Wildman–Crippen LogP) is 3.70. The van der Waals surface area contributed by atoms with E-state index in [1.165, 1.54) is 24.3 Å². The fourth-order valence-electron chi connectivity index (χ4n) is 2.03. The molecule has 0 heterocycles. The van der Waals surface area contributed by atoms with E-state index in [4.69, 9.17) is 11.6 Å². The molecule has 18 heavy (non-hydrogen) atoms. The highest BCUT2D eigenvalue weighted by Crippen LogP contribution is 2.14. The van der Waals surface area contributed by atoms with Crippen molar-refractivity contribution in [2.75, 3.05) is 12.4 Å². The monoisotopic (exact) mass is 271 g/mol. The maximum absolute atomic E-state index is 12.8. The van der Waals surface area contributed by atoms with Gasteiger partial charge in [-0.2, -0.15) is 0 Å². The number of amides is 1. The van der Waals surface area contributed by atoms with Crippen LogP contribution in [0.2, 0.25) is 0 Å². The van der Waals surface area contributed by atoms with E-state index in [2.05, 4.69) is 0 Å². The summed E-state index contributed by atoms with van der Waals surface area (Å²) in [4.78, 5) is 14.1. The molecule has 0 N–H and O–H groups in total. The minimum Gasteiger partial charge on any atom is -0.334 e. The summed E-state index contributed by atoms with van der Waals surface area (Å²) in [7, 11) is 0. The predicted molar refractivity (Wildman–Crippen MR) is 72.5 cm³/mol. The van der Waals surface area contributed by atoms with E-state index in [0.29, 0.717) is 18.0 Å². The lowest BCUT2D eigenvalue weighted by atomic mass is 10.1. The molecule has 4 heteroatoms. The van der Waals surface area contributed by atoms with Crippen molar-refractivity contribution >= 4 is 17.5 Å². The van der Waals surface area contributed by atoms with Crippen LogP contribution < -0.4 is 0 Å². The maximum Gasteiger partial charge on any atom is 0.254 e. The molecule has 0 saturated carbocycles. The Morgan fingerprint density at radius 3 is 2.28 bits per heavy atom. The summed E-state index contributed by atoms with van der Waals surface area (Å²) >= 11 is 5.76. The van der Waals surface area contributed by atoms with E-state index in [1.54, 1.807) is 4.90 Å². The molecule has 0 aromatic heterocycles. The first-order chi connectivity index (χ1) is 8.63. The molecule has 1 aromatic carbocycles. The van der Waals surface area contributed by atoms with Crippen LogP contribution in [0.1, 0.15) is 37.0 Å². The van der Waals surface area contributed by atoms with E-state index in [0.717, 1.165) is 12.8 Å². The molecule has 0 radical (unpaired) electrons. The van der Waals surface area contributed by atoms with Gasteiger partial charge in [0.25, 0.3) is 5.91 Å². The van der Waals surface area contributed by atoms with Gasteiger partial charge in [0.1, 0.15) is 5.82 Å². The third-order valence-corrected chi connectivity index (χ3v) is 3.23. The number of rotatable bonds is 6. The molecule has 1 aromatic rings. The van der Waals surface area contributed by atoms with E-state index in [1.807, 2.05) is 13.8 Å². The van der Waals surface area contributed by atoms with Crippen molar-refractivity contribution in [1.82, 2.24) is 4.90 Å². The molecular weight excluding hydrogens is 253 g/mol. The van der Waals surface area contributed by atoms with E-state index in [-0.39, 0.29) is 17.8 Å². The van der Waals surface area contributed by atoms with Gasteiger partial charge in [0.15, 0.2) is 0 Å². The fourth-order valence-corrected chi connectivity index (χ4v) is 2.21. The van der Waals surface area contributed by atoms with Crippen molar-refractivity contribution in [3.05, 3.63) is 35.6 Å². The molecule has 0 atom stereocenters. The minimum absolute atomic E-state index is 0.0793. The maximum atomic E-state index is 12.8. The molecule has 100 valence electrons. The molecule has 1 rings (SSSR count). The Labute approximate surface area is 113 Å². The molecule has 0 aliphatic rings. The third-order valence-electron chi connectivity index (χ3n) is 3.06. The van der Waals surface area contributed by atoms with Crippen molar-refractivity contribution in [2.24, 2.45) is 0 Å². The molecule has 0 unspecified atom stereocenters. The molecule has 2 nitrogen and oxygen atoms in total. The van der Waals surface area contributed by atoms with Crippen molar-refractivity contribution in [3.8, 4) is 0 Å². The van der Waals surface area contributed by atoms with E-state index in [9.17, 15) is 9.18 Å². The topological polar surface area (TPSA) is 20.3 Å². The summed E-state index contributed by atoms with van der Waals surface area (Å²) in [6, 6.07) is 5.82. The Morgan fingerprint density at radius 1 is 1.28 bits per heavy atom. The number of halogens is 2. The van der Waals surface area contributed by atoms with Gasteiger partial charge in [-0.25, -0.2) is 4.39 Å². The lowest BCUT2D eigenvalue weighted by molar-refractivity contribution is 0.0681. The Kier molecular flexibility index (Phi) is 6.13. The quantitative estimate of drug-likeness (QED) is 0.723. The van der Waals surface area contributed by atoms with Gasteiger partial charge in [-0.15, -0.1) is 11.6 Å². The molecule has 0 saturated heterocycles. The SMILES string of the molecule is CCC(CC)N(CCCl)C(=O)c1ccc(F)cc1. The highest BCUT2D eigenvalue weighted by atomic mass is 35.5. The van der Waals surface area contributed by atoms with Crippen molar-refractivity contribution in [1.29, 1.82) is 0 Å². The zero-order valence-electron chi connectivity index (χ0n) is 10.8. The smallest absolute Gasteiger partial charge is 0.254 e. The highest BCUT2D eigenvalue weighted by molar-refractivity contribution is 6.18. The van der Waals surface area contributed by atoms with Crippen LogP contribution in [0.15, 0.2) is 24.3 Å². The van der Waals surface area contributed by atoms with Crippen LogP contribution in [0.4, 0.5) is 4.39 Å². The van der Waals surface area contributed by atoms with Gasteiger partial charge >= 0.3 is 0 Å². The highest BCUT2D eigenvalue weighted by Gasteiger charge is 2.21. The standard InChI is InChI=1S/C14H19ClFNO/c1-3-13(4-2)17(10-9-15)14(18)11-5-7-12(16)8-6-11/h5-8,13H,3-4,9-10H2,1-2H3. The van der Waals surface area contributed by atoms with Gasteiger partial charge in [0, 0.05) is 24.0 Å². The Morgan fingerprint density at radius 2 is 1.83 bits per heavy atom. The molecule has 0 fully saturated rings. The second-order valence-corrected chi connectivity index (χ2v) is 4.54. The number of carbonyl (C=O) groups excluding carboxylic acids is 1.